The minimum atomic E-state index is -3.31. The molecule has 4 aromatic carbocycles. The van der Waals surface area contributed by atoms with Crippen molar-refractivity contribution in [1.29, 1.82) is 0 Å². The molecule has 0 spiro atoms. The molecule has 0 fully saturated rings. The molecule has 4 aromatic rings. The molecule has 0 aliphatic rings. The molecule has 0 aliphatic heterocycles. The second-order valence-corrected chi connectivity index (χ2v) is 14.2. The standard InChI is InChI=1S/C34H40O8P2/c1-3-41-43(35,29-15-7-5-8-16-29)33-21-13-11-19-31(33)39-27-25-37-23-24-38-26-28-40-32-20-12-14-22-34(32)44(36,42-4-2)30-17-9-6-10-18-30/h5-22H,3-4,23-28H2,1-2H3. The van der Waals surface area contributed by atoms with Gasteiger partial charge in [0.05, 0.1) is 50.3 Å². The highest BCUT2D eigenvalue weighted by molar-refractivity contribution is 7.75. The summed E-state index contributed by atoms with van der Waals surface area (Å²) in [5, 5.41) is 2.30. The Hall–Kier alpha value is -3.22. The predicted molar refractivity (Wildman–Crippen MR) is 175 cm³/mol. The van der Waals surface area contributed by atoms with Gasteiger partial charge in [-0.2, -0.15) is 0 Å². The molecule has 0 aliphatic carbocycles. The summed E-state index contributed by atoms with van der Waals surface area (Å²) in [4.78, 5) is 0. The summed E-state index contributed by atoms with van der Waals surface area (Å²) >= 11 is 0. The van der Waals surface area contributed by atoms with Gasteiger partial charge in [-0.05, 0) is 62.4 Å². The zero-order chi connectivity index (χ0) is 31.1. The molecule has 44 heavy (non-hydrogen) atoms. The van der Waals surface area contributed by atoms with Crippen LogP contribution in [0, 0.1) is 0 Å². The van der Waals surface area contributed by atoms with E-state index >= 15 is 0 Å². The first kappa shape index (κ1) is 33.7. The van der Waals surface area contributed by atoms with Crippen LogP contribution in [0.15, 0.2) is 109 Å². The van der Waals surface area contributed by atoms with Crippen molar-refractivity contribution in [2.45, 2.75) is 13.8 Å². The molecule has 2 unspecified atom stereocenters. The van der Waals surface area contributed by atoms with Gasteiger partial charge >= 0.3 is 0 Å². The van der Waals surface area contributed by atoms with Gasteiger partial charge in [-0.1, -0.05) is 60.7 Å². The van der Waals surface area contributed by atoms with Crippen molar-refractivity contribution < 1.29 is 37.1 Å². The van der Waals surface area contributed by atoms with Crippen LogP contribution in [0.4, 0.5) is 0 Å². The maximum atomic E-state index is 14.0. The van der Waals surface area contributed by atoms with Crippen LogP contribution in [-0.2, 0) is 27.7 Å². The van der Waals surface area contributed by atoms with Gasteiger partial charge in [0.15, 0.2) is 0 Å². The number of hydrogen-bond donors (Lipinski definition) is 0. The van der Waals surface area contributed by atoms with Gasteiger partial charge in [-0.25, -0.2) is 0 Å². The fraction of sp³-hybridized carbons (Fsp3) is 0.294. The second-order valence-electron chi connectivity index (χ2n) is 9.47. The molecule has 0 saturated heterocycles. The van der Waals surface area contributed by atoms with E-state index in [-0.39, 0.29) is 13.2 Å². The van der Waals surface area contributed by atoms with Crippen molar-refractivity contribution in [3.63, 3.8) is 0 Å². The Morgan fingerprint density at radius 1 is 0.455 bits per heavy atom. The summed E-state index contributed by atoms with van der Waals surface area (Å²) < 4.78 is 62.8. The first-order valence-corrected chi connectivity index (χ1v) is 18.0. The van der Waals surface area contributed by atoms with Gasteiger partial charge in [0.2, 0.25) is 0 Å². The molecule has 8 nitrogen and oxygen atoms in total. The van der Waals surface area contributed by atoms with E-state index < -0.39 is 14.7 Å². The SMILES string of the molecule is CCOP(=O)(c1ccccc1)c1ccccc1OCCOCCOCCOc1ccccc1P(=O)(OCC)c1ccccc1. The predicted octanol–water partition coefficient (Wildman–Crippen LogP) is 5.71. The largest absolute Gasteiger partial charge is 0.490 e. The molecule has 0 aromatic heterocycles. The molecule has 0 amide bonds. The highest BCUT2D eigenvalue weighted by atomic mass is 31.2. The van der Waals surface area contributed by atoms with E-state index in [1.54, 1.807) is 24.3 Å². The lowest BCUT2D eigenvalue weighted by Crippen LogP contribution is -2.22. The van der Waals surface area contributed by atoms with Crippen molar-refractivity contribution in [3.05, 3.63) is 109 Å². The summed E-state index contributed by atoms with van der Waals surface area (Å²) in [6.45, 7) is 6.23. The maximum absolute atomic E-state index is 14.0. The second kappa shape index (κ2) is 17.3. The fourth-order valence-corrected chi connectivity index (χ4v) is 8.98. The van der Waals surface area contributed by atoms with Gasteiger partial charge in [-0.15, -0.1) is 0 Å². The molecule has 4 rings (SSSR count). The van der Waals surface area contributed by atoms with Crippen molar-refractivity contribution in [2.75, 3.05) is 52.9 Å². The third-order valence-electron chi connectivity index (χ3n) is 6.52. The number of hydrogen-bond acceptors (Lipinski definition) is 8. The number of benzene rings is 4. The van der Waals surface area contributed by atoms with Crippen LogP contribution in [0.3, 0.4) is 0 Å². The van der Waals surface area contributed by atoms with Gasteiger partial charge in [0.1, 0.15) is 24.7 Å². The van der Waals surface area contributed by atoms with Crippen LogP contribution in [0.5, 0.6) is 11.5 Å². The Kier molecular flexibility index (Phi) is 13.2. The number of para-hydroxylation sites is 2. The lowest BCUT2D eigenvalue weighted by molar-refractivity contribution is 0.0275. The number of rotatable bonds is 19. The molecule has 10 heteroatoms. The zero-order valence-electron chi connectivity index (χ0n) is 25.2. The van der Waals surface area contributed by atoms with Crippen LogP contribution in [0.1, 0.15) is 13.8 Å². The van der Waals surface area contributed by atoms with Gasteiger partial charge in [0.25, 0.3) is 14.7 Å². The molecule has 2 atom stereocenters. The third-order valence-corrected chi connectivity index (χ3v) is 11.7. The van der Waals surface area contributed by atoms with E-state index in [0.29, 0.717) is 72.4 Å². The maximum Gasteiger partial charge on any atom is 0.264 e. The highest BCUT2D eigenvalue weighted by Gasteiger charge is 2.32. The quantitative estimate of drug-likeness (QED) is 0.0954. The molecule has 0 N–H and O–H groups in total. The molecular formula is C34H40O8P2. The van der Waals surface area contributed by atoms with Gasteiger partial charge in [0, 0.05) is 10.6 Å². The molecule has 234 valence electrons. The van der Waals surface area contributed by atoms with Crippen molar-refractivity contribution in [3.8, 4) is 11.5 Å². The molecule has 0 heterocycles. The fourth-order valence-electron chi connectivity index (χ4n) is 4.57. The van der Waals surface area contributed by atoms with E-state index in [1.807, 2.05) is 98.8 Å². The van der Waals surface area contributed by atoms with Crippen LogP contribution < -0.4 is 30.7 Å². The Bertz CT molecular complexity index is 1400. The normalized spacial score (nSPS) is 14.0. The van der Waals surface area contributed by atoms with Gasteiger partial charge in [-0.3, -0.25) is 9.13 Å². The Morgan fingerprint density at radius 2 is 0.795 bits per heavy atom. The van der Waals surface area contributed by atoms with E-state index in [1.165, 1.54) is 0 Å². The smallest absolute Gasteiger partial charge is 0.264 e. The minimum absolute atomic E-state index is 0.277. The van der Waals surface area contributed by atoms with Crippen molar-refractivity contribution in [2.24, 2.45) is 0 Å². The lowest BCUT2D eigenvalue weighted by atomic mass is 10.3. The average Bonchev–Trinajstić information content (AvgIpc) is 3.07. The molecule has 0 bridgehead atoms. The zero-order valence-corrected chi connectivity index (χ0v) is 27.0. The summed E-state index contributed by atoms with van der Waals surface area (Å²) in [6, 6.07) is 32.9. The molecular weight excluding hydrogens is 598 g/mol. The van der Waals surface area contributed by atoms with E-state index in [9.17, 15) is 9.13 Å². The van der Waals surface area contributed by atoms with Crippen molar-refractivity contribution >= 4 is 36.0 Å². The van der Waals surface area contributed by atoms with Crippen LogP contribution in [0.25, 0.3) is 0 Å². The summed E-state index contributed by atoms with van der Waals surface area (Å²) in [6.07, 6.45) is 0. The molecule has 0 saturated carbocycles. The highest BCUT2D eigenvalue weighted by Crippen LogP contribution is 2.48. The summed E-state index contributed by atoms with van der Waals surface area (Å²) in [7, 11) is -6.63. The third kappa shape index (κ3) is 8.70. The Morgan fingerprint density at radius 3 is 1.18 bits per heavy atom. The van der Waals surface area contributed by atoms with E-state index in [2.05, 4.69) is 0 Å². The van der Waals surface area contributed by atoms with Crippen LogP contribution in [-0.4, -0.2) is 52.9 Å². The summed E-state index contributed by atoms with van der Waals surface area (Å²) in [5.41, 5.74) is 0. The van der Waals surface area contributed by atoms with Crippen molar-refractivity contribution in [1.82, 2.24) is 0 Å². The summed E-state index contributed by atoms with van der Waals surface area (Å²) in [5.74, 6) is 1.01. The van der Waals surface area contributed by atoms with Crippen LogP contribution in [0.2, 0.25) is 0 Å². The van der Waals surface area contributed by atoms with E-state index in [0.717, 1.165) is 0 Å². The minimum Gasteiger partial charge on any atom is -0.490 e. The monoisotopic (exact) mass is 638 g/mol. The lowest BCUT2D eigenvalue weighted by Gasteiger charge is -2.21. The first-order chi connectivity index (χ1) is 21.5. The van der Waals surface area contributed by atoms with Crippen LogP contribution >= 0.6 is 14.7 Å². The molecule has 0 radical (unpaired) electrons. The first-order valence-electron chi connectivity index (χ1n) is 14.7. The average molecular weight is 639 g/mol. The Labute approximate surface area is 260 Å². The Balaban J connectivity index is 1.21. The van der Waals surface area contributed by atoms with Gasteiger partial charge < -0.3 is 28.0 Å². The topological polar surface area (TPSA) is 89.5 Å². The van der Waals surface area contributed by atoms with E-state index in [4.69, 9.17) is 28.0 Å². The number of ether oxygens (including phenoxy) is 4.